The predicted molar refractivity (Wildman–Crippen MR) is 187 cm³/mol. The summed E-state index contributed by atoms with van der Waals surface area (Å²) < 4.78 is 35.0. The SMILES string of the molecule is Cc1cc(Oc2c(F)cccc2F)ncc1-n1ncc(C(=O)c2cc3cc(CCC4CCN(C(C)C)CC4)c(-c4cncnc4)cc3[nH]2)c1N. The van der Waals surface area contributed by atoms with Crippen LogP contribution >= 0.6 is 0 Å². The van der Waals surface area contributed by atoms with Crippen LogP contribution in [0.25, 0.3) is 27.7 Å². The van der Waals surface area contributed by atoms with Crippen molar-refractivity contribution < 1.29 is 18.3 Å². The summed E-state index contributed by atoms with van der Waals surface area (Å²) in [6.07, 6.45) is 12.4. The van der Waals surface area contributed by atoms with E-state index in [9.17, 15) is 13.6 Å². The fourth-order valence-electron chi connectivity index (χ4n) is 6.74. The summed E-state index contributed by atoms with van der Waals surface area (Å²) in [5, 5.41) is 5.30. The van der Waals surface area contributed by atoms with Gasteiger partial charge in [0.25, 0.3) is 0 Å². The van der Waals surface area contributed by atoms with Crippen LogP contribution < -0.4 is 10.5 Å². The Morgan fingerprint density at radius 3 is 2.48 bits per heavy atom. The first-order chi connectivity index (χ1) is 24.2. The molecule has 0 saturated carbocycles. The molecule has 0 spiro atoms. The van der Waals surface area contributed by atoms with E-state index in [0.29, 0.717) is 28.9 Å². The van der Waals surface area contributed by atoms with Gasteiger partial charge in [-0.1, -0.05) is 6.07 Å². The van der Waals surface area contributed by atoms with Crippen molar-refractivity contribution in [2.45, 2.75) is 52.5 Å². The summed E-state index contributed by atoms with van der Waals surface area (Å²) in [5.74, 6) is -1.76. The summed E-state index contributed by atoms with van der Waals surface area (Å²) in [5.41, 5.74) is 12.1. The zero-order valence-corrected chi connectivity index (χ0v) is 28.2. The summed E-state index contributed by atoms with van der Waals surface area (Å²) >= 11 is 0. The third-order valence-electron chi connectivity index (χ3n) is 9.62. The largest absolute Gasteiger partial charge is 0.433 e. The minimum atomic E-state index is -0.843. The van der Waals surface area contributed by atoms with Crippen LogP contribution in [-0.2, 0) is 6.42 Å². The molecule has 0 bridgehead atoms. The molecular weight excluding hydrogens is 638 g/mol. The molecule has 0 unspecified atom stereocenters. The summed E-state index contributed by atoms with van der Waals surface area (Å²) in [4.78, 5) is 32.4. The van der Waals surface area contributed by atoms with Crippen LogP contribution in [0.3, 0.4) is 0 Å². The third-order valence-corrected chi connectivity index (χ3v) is 9.62. The zero-order chi connectivity index (χ0) is 34.9. The van der Waals surface area contributed by atoms with Crippen molar-refractivity contribution >= 4 is 22.5 Å². The molecule has 1 aliphatic heterocycles. The van der Waals surface area contributed by atoms with Gasteiger partial charge in [0.2, 0.25) is 17.4 Å². The molecule has 7 rings (SSSR count). The second-order valence-electron chi connectivity index (χ2n) is 13.2. The second kappa shape index (κ2) is 13.8. The highest BCUT2D eigenvalue weighted by molar-refractivity contribution is 6.12. The molecule has 2 aromatic carbocycles. The van der Waals surface area contributed by atoms with E-state index in [1.54, 1.807) is 6.92 Å². The number of carbonyl (C=O) groups excluding carboxylic acids is 1. The fourth-order valence-corrected chi connectivity index (χ4v) is 6.74. The number of ether oxygens (including phenoxy) is 1. The van der Waals surface area contributed by atoms with Crippen molar-refractivity contribution in [1.82, 2.24) is 34.6 Å². The van der Waals surface area contributed by atoms with Gasteiger partial charge in [0.05, 0.1) is 29.3 Å². The van der Waals surface area contributed by atoms with E-state index in [2.05, 4.69) is 55.9 Å². The lowest BCUT2D eigenvalue weighted by molar-refractivity contribution is 0.103. The number of halogens is 2. The number of aromatic nitrogens is 6. The van der Waals surface area contributed by atoms with E-state index in [1.165, 1.54) is 53.9 Å². The molecule has 1 fully saturated rings. The van der Waals surface area contributed by atoms with E-state index in [-0.39, 0.29) is 23.0 Å². The number of aromatic amines is 1. The maximum Gasteiger partial charge on any atom is 0.219 e. The van der Waals surface area contributed by atoms with Crippen molar-refractivity contribution in [1.29, 1.82) is 0 Å². The van der Waals surface area contributed by atoms with Crippen LogP contribution in [0.15, 0.2) is 73.6 Å². The number of rotatable bonds is 10. The fraction of sp³-hybridized carbons (Fsp3) is 0.289. The van der Waals surface area contributed by atoms with Crippen LogP contribution in [0.4, 0.5) is 14.6 Å². The van der Waals surface area contributed by atoms with Gasteiger partial charge < -0.3 is 20.4 Å². The lowest BCUT2D eigenvalue weighted by Crippen LogP contribution is -2.38. The number of hydrogen-bond acceptors (Lipinski definition) is 8. The molecule has 12 heteroatoms. The molecule has 256 valence electrons. The number of anilines is 1. The lowest BCUT2D eigenvalue weighted by Gasteiger charge is -2.34. The van der Waals surface area contributed by atoms with Crippen LogP contribution in [0.5, 0.6) is 11.6 Å². The van der Waals surface area contributed by atoms with Gasteiger partial charge in [0.1, 0.15) is 12.1 Å². The van der Waals surface area contributed by atoms with Gasteiger partial charge in [-0.05, 0) is 112 Å². The van der Waals surface area contributed by atoms with Gasteiger partial charge in [0, 0.05) is 41.0 Å². The Morgan fingerprint density at radius 2 is 1.78 bits per heavy atom. The topological polar surface area (TPSA) is 128 Å². The number of nitrogens with two attached hydrogens (primary N) is 1. The van der Waals surface area contributed by atoms with Crippen LogP contribution in [0, 0.1) is 24.5 Å². The Morgan fingerprint density at radius 1 is 1.04 bits per heavy atom. The zero-order valence-electron chi connectivity index (χ0n) is 28.2. The van der Waals surface area contributed by atoms with Crippen LogP contribution in [-0.4, -0.2) is 59.5 Å². The number of hydrogen-bond donors (Lipinski definition) is 2. The Kier molecular flexibility index (Phi) is 9.11. The number of nitrogen functional groups attached to an aromatic ring is 1. The first-order valence-electron chi connectivity index (χ1n) is 16.8. The molecule has 6 aromatic rings. The predicted octanol–water partition coefficient (Wildman–Crippen LogP) is 7.45. The molecule has 1 saturated heterocycles. The number of likely N-dealkylation sites (tertiary alicyclic amines) is 1. The monoisotopic (exact) mass is 676 g/mol. The summed E-state index contributed by atoms with van der Waals surface area (Å²) in [7, 11) is 0. The Balaban J connectivity index is 1.14. The molecule has 50 heavy (non-hydrogen) atoms. The number of benzene rings is 2. The van der Waals surface area contributed by atoms with E-state index in [0.717, 1.165) is 60.1 Å². The maximum atomic E-state index is 14.1. The molecule has 0 radical (unpaired) electrons. The lowest BCUT2D eigenvalue weighted by atomic mass is 9.88. The van der Waals surface area contributed by atoms with E-state index >= 15 is 0 Å². The first kappa shape index (κ1) is 33.0. The Labute approximate surface area is 288 Å². The van der Waals surface area contributed by atoms with E-state index in [1.807, 2.05) is 18.5 Å². The van der Waals surface area contributed by atoms with Gasteiger partial charge in [-0.2, -0.15) is 5.10 Å². The standard InChI is InChI=1S/C38H38F2N8O2/c1-22(2)47-11-9-24(10-12-47)7-8-25-14-26-15-33(46-32(26)16-28(25)27-17-42-21-43-18-27)36(49)29-19-45-48(38(29)41)34-20-44-35(13-23(34)3)50-37-30(39)5-4-6-31(37)40/h4-6,13-22,24,46H,7-12,41H2,1-3H3. The minimum absolute atomic E-state index is 0.00679. The molecule has 0 aliphatic carbocycles. The number of piperidine rings is 1. The van der Waals surface area contributed by atoms with Gasteiger partial charge >= 0.3 is 0 Å². The molecule has 10 nitrogen and oxygen atoms in total. The quantitative estimate of drug-likeness (QED) is 0.143. The number of fused-ring (bicyclic) bond motifs is 1. The van der Waals surface area contributed by atoms with Crippen LogP contribution in [0.2, 0.25) is 0 Å². The number of para-hydroxylation sites is 1. The second-order valence-corrected chi connectivity index (χ2v) is 13.2. The number of aryl methyl sites for hydroxylation is 2. The molecule has 0 atom stereocenters. The molecule has 1 aliphatic rings. The van der Waals surface area contributed by atoms with Crippen LogP contribution in [0.1, 0.15) is 60.3 Å². The van der Waals surface area contributed by atoms with Gasteiger partial charge in [0.15, 0.2) is 11.6 Å². The molecule has 4 aromatic heterocycles. The third kappa shape index (κ3) is 6.58. The van der Waals surface area contributed by atoms with Gasteiger partial charge in [-0.25, -0.2) is 28.4 Å². The highest BCUT2D eigenvalue weighted by atomic mass is 19.1. The molecule has 3 N–H and O–H groups in total. The highest BCUT2D eigenvalue weighted by Gasteiger charge is 2.24. The summed E-state index contributed by atoms with van der Waals surface area (Å²) in [6.45, 7) is 8.54. The maximum absolute atomic E-state index is 14.1. The van der Waals surface area contributed by atoms with Crippen molar-refractivity contribution in [2.75, 3.05) is 18.8 Å². The number of nitrogens with zero attached hydrogens (tertiary/aromatic N) is 6. The number of H-pyrrole nitrogens is 1. The van der Waals surface area contributed by atoms with Gasteiger partial charge in [-0.3, -0.25) is 4.79 Å². The number of ketones is 1. The molecular formula is C38H38F2N8O2. The molecule has 5 heterocycles. The van der Waals surface area contributed by atoms with Crippen molar-refractivity contribution in [3.8, 4) is 28.4 Å². The highest BCUT2D eigenvalue weighted by Crippen LogP contribution is 2.33. The Bertz CT molecular complexity index is 2150. The average Bonchev–Trinajstić information content (AvgIpc) is 3.72. The number of pyridine rings is 1. The van der Waals surface area contributed by atoms with Gasteiger partial charge in [-0.15, -0.1) is 0 Å². The van der Waals surface area contributed by atoms with Crippen molar-refractivity contribution in [2.24, 2.45) is 5.92 Å². The first-order valence-corrected chi connectivity index (χ1v) is 16.8. The van der Waals surface area contributed by atoms with E-state index in [4.69, 9.17) is 10.5 Å². The smallest absolute Gasteiger partial charge is 0.219 e. The normalized spacial score (nSPS) is 14.1. The number of nitrogens with one attached hydrogen (secondary N) is 1. The Hall–Kier alpha value is -5.49. The summed E-state index contributed by atoms with van der Waals surface area (Å²) in [6, 6.07) is 11.6. The van der Waals surface area contributed by atoms with Crippen molar-refractivity contribution in [3.63, 3.8) is 0 Å². The minimum Gasteiger partial charge on any atom is -0.433 e. The average molecular weight is 677 g/mol. The molecule has 0 amide bonds. The number of carbonyl (C=O) groups is 1. The van der Waals surface area contributed by atoms with E-state index < -0.39 is 17.4 Å². The van der Waals surface area contributed by atoms with Crippen molar-refractivity contribution in [3.05, 3.63) is 108 Å².